The van der Waals surface area contributed by atoms with Crippen molar-refractivity contribution in [3.8, 4) is 0 Å². The Labute approximate surface area is 38.5 Å². The molecule has 4 heavy (non-hydrogen) atoms. The van der Waals surface area contributed by atoms with Crippen molar-refractivity contribution in [2.45, 2.75) is 0 Å². The summed E-state index contributed by atoms with van der Waals surface area (Å²) in [6.07, 6.45) is 0. The van der Waals surface area contributed by atoms with Gasteiger partial charge in [0.05, 0.1) is 7.11 Å². The van der Waals surface area contributed by atoms with Crippen molar-refractivity contribution < 1.29 is 4.74 Å². The van der Waals surface area contributed by atoms with Crippen LogP contribution in [0.4, 0.5) is 0 Å². The molecule has 0 heterocycles. The summed E-state index contributed by atoms with van der Waals surface area (Å²) >= 11 is 0. The quantitative estimate of drug-likeness (QED) is 0.347. The molecule has 0 fully saturated rings. The molecule has 0 spiro atoms. The van der Waals surface area contributed by atoms with Crippen LogP contribution < -0.4 is 0 Å². The Kier molecular flexibility index (Phi) is 21.1. The summed E-state index contributed by atoms with van der Waals surface area (Å²) in [6.45, 7) is 0. The number of rotatable bonds is 0. The van der Waals surface area contributed by atoms with Crippen LogP contribution in [0.2, 0.25) is 0 Å². The monoisotopic (exact) mass is 53.1 g/mol. The van der Waals surface area contributed by atoms with Crippen molar-refractivity contribution in [1.29, 1.82) is 0 Å². The third-order valence-corrected chi connectivity index (χ3v) is 0. The fourth-order valence-electron chi connectivity index (χ4n) is 0. The molecule has 1 nitrogen and oxygen atoms in total. The van der Waals surface area contributed by atoms with Crippen LogP contribution in [0.5, 0.6) is 0 Å². The van der Waals surface area contributed by atoms with E-state index in [-0.39, 0.29) is 18.9 Å². The van der Waals surface area contributed by atoms with Gasteiger partial charge in [-0.2, -0.15) is 0 Å². The van der Waals surface area contributed by atoms with E-state index < -0.39 is 0 Å². The first-order valence-corrected chi connectivity index (χ1v) is 0.697. The van der Waals surface area contributed by atoms with Gasteiger partial charge in [0.15, 0.2) is 0 Å². The van der Waals surface area contributed by atoms with Gasteiger partial charge in [-0.15, -0.1) is 0 Å². The molecular formula is C2H6LiO. The summed E-state index contributed by atoms with van der Waals surface area (Å²) in [5, 5.41) is 0. The summed E-state index contributed by atoms with van der Waals surface area (Å²) in [7, 11) is 4.50. The van der Waals surface area contributed by atoms with Gasteiger partial charge in [0.1, 0.15) is 0 Å². The van der Waals surface area contributed by atoms with E-state index in [1.165, 1.54) is 7.11 Å². The van der Waals surface area contributed by atoms with E-state index in [0.29, 0.717) is 0 Å². The fraction of sp³-hybridized carbons (Fsp3) is 0.500. The van der Waals surface area contributed by atoms with Crippen molar-refractivity contribution in [2.24, 2.45) is 0 Å². The zero-order chi connectivity index (χ0) is 2.71. The Bertz CT molecular complexity index is 6.00. The normalized spacial score (nSPS) is 4.50. The van der Waals surface area contributed by atoms with Crippen molar-refractivity contribution in [3.63, 3.8) is 0 Å². The fourth-order valence-corrected chi connectivity index (χ4v) is 0. The van der Waals surface area contributed by atoms with Gasteiger partial charge in [0, 0.05) is 7.11 Å². The zero-order valence-electron chi connectivity index (χ0n) is 2.12. The van der Waals surface area contributed by atoms with Crippen molar-refractivity contribution >= 4 is 18.9 Å². The molecule has 0 unspecified atom stereocenters. The van der Waals surface area contributed by atoms with Gasteiger partial charge >= 0.3 is 18.9 Å². The minimum absolute atomic E-state index is 0. The van der Waals surface area contributed by atoms with E-state index in [4.69, 9.17) is 0 Å². The van der Waals surface area contributed by atoms with Crippen molar-refractivity contribution in [2.75, 3.05) is 7.11 Å². The maximum absolute atomic E-state index is 4.00. The van der Waals surface area contributed by atoms with Gasteiger partial charge in [-0.25, -0.2) is 0 Å². The molecule has 0 atom stereocenters. The summed E-state index contributed by atoms with van der Waals surface area (Å²) in [5.74, 6) is 0. The number of ether oxygens (including phenoxy) is 1. The average molecular weight is 53.0 g/mol. The topological polar surface area (TPSA) is 9.23 Å². The molecule has 0 N–H and O–H groups in total. The van der Waals surface area contributed by atoms with Crippen molar-refractivity contribution in [3.05, 3.63) is 7.11 Å². The standard InChI is InChI=1S/C2H5O.Li.H/c1-3-2;;/h1H2,2H3;;. The molecule has 21 valence electrons. The molecule has 0 amide bonds. The molecule has 0 aliphatic heterocycles. The van der Waals surface area contributed by atoms with E-state index in [1.807, 2.05) is 0 Å². The van der Waals surface area contributed by atoms with E-state index >= 15 is 0 Å². The van der Waals surface area contributed by atoms with Gasteiger partial charge in [0.2, 0.25) is 0 Å². The van der Waals surface area contributed by atoms with E-state index in [2.05, 4.69) is 11.8 Å². The summed E-state index contributed by atoms with van der Waals surface area (Å²) in [6, 6.07) is 0. The van der Waals surface area contributed by atoms with Gasteiger partial charge < -0.3 is 4.74 Å². The van der Waals surface area contributed by atoms with Crippen LogP contribution in [0.25, 0.3) is 0 Å². The minimum atomic E-state index is 0. The van der Waals surface area contributed by atoms with Crippen molar-refractivity contribution in [1.82, 2.24) is 0 Å². The molecule has 2 heteroatoms. The summed E-state index contributed by atoms with van der Waals surface area (Å²) in [5.41, 5.74) is 0. The van der Waals surface area contributed by atoms with Crippen LogP contribution in [-0.4, -0.2) is 26.0 Å². The maximum atomic E-state index is 4.00. The van der Waals surface area contributed by atoms with Crippen LogP contribution >= 0.6 is 0 Å². The van der Waals surface area contributed by atoms with Gasteiger partial charge in [-0.05, 0) is 0 Å². The van der Waals surface area contributed by atoms with E-state index in [0.717, 1.165) is 0 Å². The van der Waals surface area contributed by atoms with Crippen LogP contribution in [0.3, 0.4) is 0 Å². The third-order valence-electron chi connectivity index (χ3n) is 0. The SMILES string of the molecule is [CH2]OC.[LiH]. The van der Waals surface area contributed by atoms with Gasteiger partial charge in [-0.3, -0.25) is 0 Å². The van der Waals surface area contributed by atoms with Crippen LogP contribution in [-0.2, 0) is 4.74 Å². The Morgan fingerprint density at radius 1 is 1.75 bits per heavy atom. The second kappa shape index (κ2) is 9.59. The second-order valence-corrected chi connectivity index (χ2v) is 0.289. The molecule has 0 aromatic rings. The number of hydrogen-bond donors (Lipinski definition) is 0. The summed E-state index contributed by atoms with van der Waals surface area (Å²) < 4.78 is 4.00. The molecule has 1 radical (unpaired) electrons. The molecule has 0 aromatic carbocycles. The molecule has 0 aliphatic carbocycles. The first-order valence-electron chi connectivity index (χ1n) is 0.697. The molecule has 0 bridgehead atoms. The first-order chi connectivity index (χ1) is 1.41. The molecular weight excluding hydrogens is 47.0 g/mol. The number of hydrogen-bond acceptors (Lipinski definition) is 1. The molecule has 0 saturated carbocycles. The molecule has 0 rings (SSSR count). The predicted molar refractivity (Wildman–Crippen MR) is 19.5 cm³/mol. The first kappa shape index (κ1) is 8.82. The zero-order valence-corrected chi connectivity index (χ0v) is 2.12. The number of methoxy groups -OCH3 is 1. The summed E-state index contributed by atoms with van der Waals surface area (Å²) in [4.78, 5) is 0. The third kappa shape index (κ3) is 20.0. The van der Waals surface area contributed by atoms with Gasteiger partial charge in [-0.1, -0.05) is 0 Å². The van der Waals surface area contributed by atoms with E-state index in [9.17, 15) is 0 Å². The Balaban J connectivity index is 0. The Morgan fingerprint density at radius 3 is 1.75 bits per heavy atom. The Morgan fingerprint density at radius 2 is 1.75 bits per heavy atom. The van der Waals surface area contributed by atoms with Crippen LogP contribution in [0.15, 0.2) is 0 Å². The molecule has 0 aromatic heterocycles. The van der Waals surface area contributed by atoms with Gasteiger partial charge in [0.25, 0.3) is 0 Å². The molecule has 0 saturated heterocycles. The van der Waals surface area contributed by atoms with Crippen LogP contribution in [0.1, 0.15) is 0 Å². The molecule has 0 aliphatic rings. The second-order valence-electron chi connectivity index (χ2n) is 0.289. The predicted octanol–water partition coefficient (Wildman–Crippen LogP) is -0.224. The van der Waals surface area contributed by atoms with Crippen LogP contribution in [0, 0.1) is 7.11 Å². The average Bonchev–Trinajstić information content (AvgIpc) is 0.918. The van der Waals surface area contributed by atoms with E-state index in [1.54, 1.807) is 0 Å². The Hall–Kier alpha value is 0.557.